The van der Waals surface area contributed by atoms with Crippen molar-refractivity contribution >= 4 is 0 Å². The fraction of sp³-hybridized carbons (Fsp3) is 1.00. The summed E-state index contributed by atoms with van der Waals surface area (Å²) in [5.74, 6) is 0. The smallest absolute Gasteiger partial charge is 0.0277 e. The zero-order valence-electron chi connectivity index (χ0n) is 9.09. The molecule has 72 valence electrons. The van der Waals surface area contributed by atoms with Gasteiger partial charge in [-0.2, -0.15) is 0 Å². The quantitative estimate of drug-likeness (QED) is 0.587. The largest absolute Gasteiger partial charge is 0.299 e. The fourth-order valence-corrected chi connectivity index (χ4v) is 1.72. The van der Waals surface area contributed by atoms with Crippen LogP contribution in [0.3, 0.4) is 0 Å². The third-order valence-electron chi connectivity index (χ3n) is 3.08. The Hall–Kier alpha value is -0.0800. The summed E-state index contributed by atoms with van der Waals surface area (Å²) in [7, 11) is 2.22. The van der Waals surface area contributed by atoms with Gasteiger partial charge >= 0.3 is 0 Å². The van der Waals surface area contributed by atoms with E-state index in [1.54, 1.807) is 0 Å². The van der Waals surface area contributed by atoms with E-state index < -0.39 is 0 Å². The van der Waals surface area contributed by atoms with Gasteiger partial charge < -0.3 is 0 Å². The van der Waals surface area contributed by atoms with E-state index in [0.29, 0.717) is 11.6 Å². The summed E-state index contributed by atoms with van der Waals surface area (Å²) >= 11 is 0. The van der Waals surface area contributed by atoms with Gasteiger partial charge in [-0.3, -0.25) is 9.80 Å². The van der Waals surface area contributed by atoms with E-state index in [1.165, 1.54) is 19.6 Å². The summed E-state index contributed by atoms with van der Waals surface area (Å²) in [5.41, 5.74) is 0.350. The summed E-state index contributed by atoms with van der Waals surface area (Å²) in [6, 6.07) is 0.693. The van der Waals surface area contributed by atoms with Crippen molar-refractivity contribution in [2.24, 2.45) is 0 Å². The molecule has 0 spiro atoms. The van der Waals surface area contributed by atoms with Crippen LogP contribution in [0.15, 0.2) is 0 Å². The molecule has 1 aliphatic rings. The van der Waals surface area contributed by atoms with Crippen LogP contribution >= 0.6 is 0 Å². The van der Waals surface area contributed by atoms with Gasteiger partial charge in [-0.05, 0) is 34.7 Å². The van der Waals surface area contributed by atoms with Crippen molar-refractivity contribution in [1.82, 2.24) is 9.80 Å². The molecular formula is C10H22N2. The Morgan fingerprint density at radius 1 is 1.17 bits per heavy atom. The lowest BCUT2D eigenvalue weighted by Gasteiger charge is -2.46. The molecule has 1 rings (SSSR count). The van der Waals surface area contributed by atoms with Gasteiger partial charge in [-0.25, -0.2) is 0 Å². The summed E-state index contributed by atoms with van der Waals surface area (Å²) in [5, 5.41) is 0. The van der Waals surface area contributed by atoms with Crippen LogP contribution in [0.25, 0.3) is 0 Å². The van der Waals surface area contributed by atoms with E-state index in [-0.39, 0.29) is 0 Å². The summed E-state index contributed by atoms with van der Waals surface area (Å²) in [4.78, 5) is 5.01. The van der Waals surface area contributed by atoms with E-state index in [9.17, 15) is 0 Å². The molecule has 0 aliphatic carbocycles. The Labute approximate surface area is 76.5 Å². The highest BCUT2D eigenvalue weighted by Gasteiger charge is 2.31. The number of nitrogens with zero attached hydrogens (tertiary/aromatic N) is 2. The third kappa shape index (κ3) is 1.99. The van der Waals surface area contributed by atoms with Crippen molar-refractivity contribution in [3.05, 3.63) is 0 Å². The first kappa shape index (κ1) is 10.0. The molecule has 1 heterocycles. The van der Waals surface area contributed by atoms with Gasteiger partial charge in [-0.1, -0.05) is 0 Å². The van der Waals surface area contributed by atoms with Crippen LogP contribution in [-0.2, 0) is 0 Å². The van der Waals surface area contributed by atoms with E-state index >= 15 is 0 Å². The Morgan fingerprint density at radius 2 is 1.75 bits per heavy atom. The number of hydrogen-bond donors (Lipinski definition) is 0. The number of piperazine rings is 1. The average molecular weight is 170 g/mol. The molecule has 0 bridgehead atoms. The van der Waals surface area contributed by atoms with Crippen LogP contribution < -0.4 is 0 Å². The van der Waals surface area contributed by atoms with E-state index in [0.717, 1.165) is 0 Å². The van der Waals surface area contributed by atoms with Crippen LogP contribution in [0.1, 0.15) is 27.7 Å². The molecule has 2 heteroatoms. The monoisotopic (exact) mass is 170 g/mol. The second kappa shape index (κ2) is 3.35. The summed E-state index contributed by atoms with van der Waals surface area (Å²) in [6.07, 6.45) is 0. The zero-order valence-corrected chi connectivity index (χ0v) is 9.09. The number of rotatable bonds is 1. The van der Waals surface area contributed by atoms with Crippen molar-refractivity contribution in [2.45, 2.75) is 39.3 Å². The average Bonchev–Trinajstić information content (AvgIpc) is 1.94. The zero-order chi connectivity index (χ0) is 9.35. The topological polar surface area (TPSA) is 6.48 Å². The maximum Gasteiger partial charge on any atom is 0.0277 e. The lowest BCUT2D eigenvalue weighted by atomic mass is 9.99. The van der Waals surface area contributed by atoms with Crippen LogP contribution in [0.5, 0.6) is 0 Å². The molecule has 0 atom stereocenters. The van der Waals surface area contributed by atoms with Gasteiger partial charge in [0, 0.05) is 31.2 Å². The van der Waals surface area contributed by atoms with Gasteiger partial charge in [0.2, 0.25) is 0 Å². The first-order valence-electron chi connectivity index (χ1n) is 4.89. The number of hydrogen-bond acceptors (Lipinski definition) is 2. The molecule has 1 fully saturated rings. The minimum Gasteiger partial charge on any atom is -0.299 e. The molecule has 0 N–H and O–H groups in total. The van der Waals surface area contributed by atoms with Crippen LogP contribution in [-0.4, -0.2) is 48.1 Å². The second-order valence-electron chi connectivity index (χ2n) is 4.80. The number of likely N-dealkylation sites (N-methyl/N-ethyl adjacent to an activating group) is 1. The predicted octanol–water partition coefficient (Wildman–Crippen LogP) is 1.42. The maximum atomic E-state index is 2.56. The maximum absolute atomic E-state index is 2.56. The molecular weight excluding hydrogens is 148 g/mol. The highest BCUT2D eigenvalue weighted by atomic mass is 15.3. The van der Waals surface area contributed by atoms with Gasteiger partial charge in [0.25, 0.3) is 0 Å². The fourth-order valence-electron chi connectivity index (χ4n) is 1.72. The Morgan fingerprint density at radius 3 is 2.17 bits per heavy atom. The molecule has 2 nitrogen and oxygen atoms in total. The normalized spacial score (nSPS) is 26.5. The molecule has 0 amide bonds. The highest BCUT2D eigenvalue weighted by molar-refractivity contribution is 4.89. The van der Waals surface area contributed by atoms with Crippen molar-refractivity contribution < 1.29 is 0 Å². The van der Waals surface area contributed by atoms with E-state index in [1.807, 2.05) is 0 Å². The van der Waals surface area contributed by atoms with E-state index in [2.05, 4.69) is 44.5 Å². The first-order chi connectivity index (χ1) is 5.43. The predicted molar refractivity (Wildman–Crippen MR) is 53.4 cm³/mol. The Balaban J connectivity index is 2.57. The highest BCUT2D eigenvalue weighted by Crippen LogP contribution is 2.19. The van der Waals surface area contributed by atoms with Gasteiger partial charge in [0.15, 0.2) is 0 Å². The van der Waals surface area contributed by atoms with Crippen LogP contribution in [0.4, 0.5) is 0 Å². The molecule has 1 aliphatic heterocycles. The van der Waals surface area contributed by atoms with E-state index in [4.69, 9.17) is 0 Å². The molecule has 12 heavy (non-hydrogen) atoms. The lowest BCUT2D eigenvalue weighted by molar-refractivity contribution is 0.0245. The van der Waals surface area contributed by atoms with Crippen molar-refractivity contribution in [1.29, 1.82) is 0 Å². The molecule has 1 saturated heterocycles. The molecule has 0 aromatic rings. The Bertz CT molecular complexity index is 152. The standard InChI is InChI=1S/C10H22N2/c1-9(2)12-7-6-11(5)10(3,4)8-12/h9H,6-8H2,1-5H3. The van der Waals surface area contributed by atoms with Crippen LogP contribution in [0, 0.1) is 0 Å². The van der Waals surface area contributed by atoms with Crippen molar-refractivity contribution in [3.8, 4) is 0 Å². The molecule has 0 aromatic carbocycles. The van der Waals surface area contributed by atoms with Gasteiger partial charge in [-0.15, -0.1) is 0 Å². The SMILES string of the molecule is CC(C)N1CCN(C)C(C)(C)C1. The molecule has 0 unspecified atom stereocenters. The third-order valence-corrected chi connectivity index (χ3v) is 3.08. The summed E-state index contributed by atoms with van der Waals surface area (Å²) in [6.45, 7) is 12.8. The Kier molecular flexibility index (Phi) is 2.79. The molecule has 0 aromatic heterocycles. The molecule has 0 radical (unpaired) electrons. The summed E-state index contributed by atoms with van der Waals surface area (Å²) < 4.78 is 0. The van der Waals surface area contributed by atoms with Crippen molar-refractivity contribution in [3.63, 3.8) is 0 Å². The molecule has 0 saturated carbocycles. The second-order valence-corrected chi connectivity index (χ2v) is 4.80. The van der Waals surface area contributed by atoms with Crippen molar-refractivity contribution in [2.75, 3.05) is 26.7 Å². The minimum atomic E-state index is 0.350. The minimum absolute atomic E-state index is 0.350. The van der Waals surface area contributed by atoms with Gasteiger partial charge in [0.1, 0.15) is 0 Å². The lowest BCUT2D eigenvalue weighted by Crippen LogP contribution is -2.58. The first-order valence-corrected chi connectivity index (χ1v) is 4.89. The van der Waals surface area contributed by atoms with Gasteiger partial charge in [0.05, 0.1) is 0 Å². The van der Waals surface area contributed by atoms with Crippen LogP contribution in [0.2, 0.25) is 0 Å².